The highest BCUT2D eigenvalue weighted by molar-refractivity contribution is 5.84. The Labute approximate surface area is 229 Å². The van der Waals surface area contributed by atoms with Gasteiger partial charge in [-0.25, -0.2) is 9.97 Å². The average Bonchev–Trinajstić information content (AvgIpc) is 3.17. The summed E-state index contributed by atoms with van der Waals surface area (Å²) in [5, 5.41) is 10.3. The van der Waals surface area contributed by atoms with Crippen LogP contribution in [0.3, 0.4) is 0 Å². The number of carbonyl (C=O) groups excluding carboxylic acids is 1. The van der Waals surface area contributed by atoms with Crippen LogP contribution in [0.15, 0.2) is 53.6 Å². The molecule has 2 aromatic heterocycles. The minimum Gasteiger partial charge on any atom is -0.434 e. The number of fused-ring (bicyclic) bond motifs is 1. The smallest absolute Gasteiger partial charge is 0.387 e. The van der Waals surface area contributed by atoms with Crippen LogP contribution in [0.5, 0.6) is 5.75 Å². The number of benzene rings is 2. The molecule has 0 saturated carbocycles. The van der Waals surface area contributed by atoms with Crippen LogP contribution in [0.4, 0.5) is 14.7 Å². The summed E-state index contributed by atoms with van der Waals surface area (Å²) in [7, 11) is 1.60. The quantitative estimate of drug-likeness (QED) is 0.376. The number of rotatable bonds is 7. The molecule has 0 bridgehead atoms. The molecule has 0 spiro atoms. The van der Waals surface area contributed by atoms with Gasteiger partial charge in [-0.1, -0.05) is 18.2 Å². The van der Waals surface area contributed by atoms with Gasteiger partial charge in [-0.2, -0.15) is 8.78 Å². The van der Waals surface area contributed by atoms with Crippen LogP contribution in [-0.4, -0.2) is 67.5 Å². The summed E-state index contributed by atoms with van der Waals surface area (Å²) in [6.45, 7) is 2.06. The highest BCUT2D eigenvalue weighted by Gasteiger charge is 2.26. The molecule has 1 fully saturated rings. The Morgan fingerprint density at radius 1 is 1.15 bits per heavy atom. The third kappa shape index (κ3) is 5.14. The molecule has 40 heavy (non-hydrogen) atoms. The fourth-order valence-corrected chi connectivity index (χ4v) is 5.28. The van der Waals surface area contributed by atoms with Crippen molar-refractivity contribution in [2.45, 2.75) is 39.7 Å². The number of hydrogen-bond donors (Lipinski definition) is 1. The minimum absolute atomic E-state index is 0.0251. The Morgan fingerprint density at radius 3 is 2.55 bits per heavy atom. The number of aliphatic hydroxyl groups is 1. The van der Waals surface area contributed by atoms with Gasteiger partial charge in [0.15, 0.2) is 0 Å². The zero-order chi connectivity index (χ0) is 28.6. The molecule has 4 aromatic rings. The molecule has 1 aliphatic heterocycles. The highest BCUT2D eigenvalue weighted by atomic mass is 19.3. The van der Waals surface area contributed by atoms with Crippen molar-refractivity contribution < 1.29 is 23.4 Å². The van der Waals surface area contributed by atoms with E-state index in [0.29, 0.717) is 47.6 Å². The van der Waals surface area contributed by atoms with E-state index in [9.17, 15) is 23.5 Å². The standard InChI is InChI=1S/C28H30F2N6O4/c1-17-14-34(9-10-35(17)18(2)38)28-31-12-21(13-32-28)19-7-8-22-24(11-19)36(33(3)26(22)39)15-23-20(16-37)5-4-6-25(23)40-27(29)30/h4-8,11-13,17,27,37H,9-10,14-16H2,1-3H3. The van der Waals surface area contributed by atoms with Gasteiger partial charge in [0.25, 0.3) is 5.56 Å². The lowest BCUT2D eigenvalue weighted by molar-refractivity contribution is -0.131. The third-order valence-corrected chi connectivity index (χ3v) is 7.37. The predicted molar refractivity (Wildman–Crippen MR) is 145 cm³/mol. The van der Waals surface area contributed by atoms with Crippen molar-refractivity contribution in [3.05, 3.63) is 70.3 Å². The number of anilines is 1. The summed E-state index contributed by atoms with van der Waals surface area (Å²) in [6, 6.07) is 9.98. The number of amides is 1. The molecule has 3 heterocycles. The lowest BCUT2D eigenvalue weighted by Gasteiger charge is -2.39. The maximum atomic E-state index is 13.1. The van der Waals surface area contributed by atoms with Gasteiger partial charge in [0.05, 0.1) is 24.1 Å². The minimum atomic E-state index is -3.03. The van der Waals surface area contributed by atoms with Gasteiger partial charge in [0.2, 0.25) is 11.9 Å². The van der Waals surface area contributed by atoms with E-state index in [2.05, 4.69) is 9.97 Å². The number of carbonyl (C=O) groups is 1. The van der Waals surface area contributed by atoms with Crippen molar-refractivity contribution in [3.8, 4) is 16.9 Å². The number of ether oxygens (including phenoxy) is 1. The van der Waals surface area contributed by atoms with Gasteiger partial charge in [0, 0.05) is 63.2 Å². The van der Waals surface area contributed by atoms with E-state index in [4.69, 9.17) is 4.74 Å². The normalized spacial score (nSPS) is 15.7. The zero-order valence-electron chi connectivity index (χ0n) is 22.4. The largest absolute Gasteiger partial charge is 0.434 e. The molecule has 1 amide bonds. The van der Waals surface area contributed by atoms with Gasteiger partial charge in [0.1, 0.15) is 5.75 Å². The van der Waals surface area contributed by atoms with Crippen LogP contribution in [0, 0.1) is 0 Å². The molecular weight excluding hydrogens is 522 g/mol. The van der Waals surface area contributed by atoms with E-state index >= 15 is 0 Å². The maximum absolute atomic E-state index is 13.1. The van der Waals surface area contributed by atoms with Crippen LogP contribution in [0.2, 0.25) is 0 Å². The molecule has 0 radical (unpaired) electrons. The summed E-state index contributed by atoms with van der Waals surface area (Å²) in [6.07, 6.45) is 3.43. The first-order valence-electron chi connectivity index (χ1n) is 12.9. The second-order valence-electron chi connectivity index (χ2n) is 9.83. The first kappa shape index (κ1) is 27.3. The zero-order valence-corrected chi connectivity index (χ0v) is 22.4. The second kappa shape index (κ2) is 11.0. The van der Waals surface area contributed by atoms with Gasteiger partial charge in [-0.15, -0.1) is 0 Å². The van der Waals surface area contributed by atoms with Gasteiger partial charge in [-0.3, -0.25) is 19.0 Å². The summed E-state index contributed by atoms with van der Waals surface area (Å²) in [4.78, 5) is 37.8. The first-order chi connectivity index (χ1) is 19.2. The van der Waals surface area contributed by atoms with Crippen LogP contribution < -0.4 is 15.2 Å². The molecule has 12 heteroatoms. The number of aliphatic hydroxyl groups excluding tert-OH is 1. The number of alkyl halides is 2. The highest BCUT2D eigenvalue weighted by Crippen LogP contribution is 2.29. The fraction of sp³-hybridized carbons (Fsp3) is 0.357. The number of piperazine rings is 1. The molecule has 2 aromatic carbocycles. The van der Waals surface area contributed by atoms with E-state index in [-0.39, 0.29) is 36.4 Å². The Kier molecular flexibility index (Phi) is 7.53. The Bertz CT molecular complexity index is 1600. The lowest BCUT2D eigenvalue weighted by atomic mass is 10.1. The van der Waals surface area contributed by atoms with Crippen molar-refractivity contribution in [1.29, 1.82) is 0 Å². The average molecular weight is 553 g/mol. The first-order valence-corrected chi connectivity index (χ1v) is 12.9. The number of hydrogen-bond acceptors (Lipinski definition) is 7. The monoisotopic (exact) mass is 552 g/mol. The van der Waals surface area contributed by atoms with E-state index < -0.39 is 6.61 Å². The van der Waals surface area contributed by atoms with Crippen LogP contribution in [-0.2, 0) is 25.0 Å². The molecule has 1 N–H and O–H groups in total. The van der Waals surface area contributed by atoms with Crippen molar-refractivity contribution in [3.63, 3.8) is 0 Å². The van der Waals surface area contributed by atoms with E-state index in [1.165, 1.54) is 16.8 Å². The van der Waals surface area contributed by atoms with Gasteiger partial charge < -0.3 is 19.6 Å². The van der Waals surface area contributed by atoms with Crippen molar-refractivity contribution >= 4 is 22.8 Å². The Morgan fingerprint density at radius 2 is 1.90 bits per heavy atom. The summed E-state index contributed by atoms with van der Waals surface area (Å²) < 4.78 is 34.0. The molecule has 1 saturated heterocycles. The molecule has 10 nitrogen and oxygen atoms in total. The molecule has 1 aliphatic rings. The number of nitrogens with zero attached hydrogens (tertiary/aromatic N) is 6. The van der Waals surface area contributed by atoms with Gasteiger partial charge in [-0.05, 0) is 36.2 Å². The van der Waals surface area contributed by atoms with Crippen molar-refractivity contribution in [2.75, 3.05) is 24.5 Å². The van der Waals surface area contributed by atoms with Crippen molar-refractivity contribution in [1.82, 2.24) is 24.2 Å². The fourth-order valence-electron chi connectivity index (χ4n) is 5.28. The van der Waals surface area contributed by atoms with Gasteiger partial charge >= 0.3 is 6.61 Å². The summed E-state index contributed by atoms with van der Waals surface area (Å²) in [5.74, 6) is 0.564. The van der Waals surface area contributed by atoms with Crippen molar-refractivity contribution in [2.24, 2.45) is 7.05 Å². The molecule has 1 atom stereocenters. The molecule has 5 rings (SSSR count). The SMILES string of the molecule is CC(=O)N1CCN(c2ncc(-c3ccc4c(=O)n(C)n(Cc5c(CO)cccc5OC(F)F)c4c3)cn2)CC1C. The third-order valence-electron chi connectivity index (χ3n) is 7.37. The summed E-state index contributed by atoms with van der Waals surface area (Å²) in [5.41, 5.74) is 2.62. The number of aromatic nitrogens is 4. The Balaban J connectivity index is 1.47. The molecule has 1 unspecified atom stereocenters. The topological polar surface area (TPSA) is 106 Å². The maximum Gasteiger partial charge on any atom is 0.387 e. The van der Waals surface area contributed by atoms with E-state index in [0.717, 1.165) is 11.1 Å². The second-order valence-corrected chi connectivity index (χ2v) is 9.83. The van der Waals surface area contributed by atoms with Crippen LogP contribution >= 0.6 is 0 Å². The molecular formula is C28H30F2N6O4. The molecule has 210 valence electrons. The number of halogens is 2. The molecule has 0 aliphatic carbocycles. The Hall–Kier alpha value is -4.32. The summed E-state index contributed by atoms with van der Waals surface area (Å²) >= 11 is 0. The predicted octanol–water partition coefficient (Wildman–Crippen LogP) is 3.00. The van der Waals surface area contributed by atoms with E-state index in [1.54, 1.807) is 43.2 Å². The van der Waals surface area contributed by atoms with Crippen LogP contribution in [0.1, 0.15) is 25.0 Å². The van der Waals surface area contributed by atoms with E-state index in [1.807, 2.05) is 28.9 Å². The van der Waals surface area contributed by atoms with Crippen LogP contribution in [0.25, 0.3) is 22.0 Å². The lowest BCUT2D eigenvalue weighted by Crippen LogP contribution is -2.53.